The van der Waals surface area contributed by atoms with E-state index in [1.807, 2.05) is 6.92 Å². The maximum Gasteiger partial charge on any atom is 0.262 e. The maximum absolute atomic E-state index is 12.1. The van der Waals surface area contributed by atoms with Crippen molar-refractivity contribution < 1.29 is 19.9 Å². The van der Waals surface area contributed by atoms with Crippen LogP contribution < -0.4 is 10.2 Å². The summed E-state index contributed by atoms with van der Waals surface area (Å²) in [6.45, 7) is 3.72. The fourth-order valence-corrected chi connectivity index (χ4v) is 4.87. The van der Waals surface area contributed by atoms with Crippen LogP contribution in [0.2, 0.25) is 0 Å². The molecular weight excluding hydrogens is 298 g/mol. The second-order valence-electron chi connectivity index (χ2n) is 7.30. The van der Waals surface area contributed by atoms with Crippen molar-refractivity contribution >= 4 is 11.7 Å². The normalized spacial score (nSPS) is 32.7. The molecule has 124 valence electrons. The standard InChI is InChI=1S/C17H21NO5/c1-16-6-3-7-17(2,15(20)21)14(16)5-4-10-8-12(18(22)23)13(19)9-11(10)16/h8-9,14,19H,3-7H2,1-2H3,(H,20,21)/p-2/t14-,16+,17+/m0/s1. The van der Waals surface area contributed by atoms with Gasteiger partial charge in [-0.25, -0.2) is 0 Å². The molecule has 0 spiro atoms. The van der Waals surface area contributed by atoms with Crippen LogP contribution in [0.25, 0.3) is 0 Å². The number of hydrogen-bond acceptors (Lipinski definition) is 5. The van der Waals surface area contributed by atoms with Crippen LogP contribution in [-0.4, -0.2) is 10.9 Å². The SMILES string of the molecule is C[C@@]1(C(=O)[O-])CCC[C@]2(C)c3cc([O-])c([N+](=O)[O-])cc3CC[C@H]12. The number of aliphatic carboxylic acids is 1. The van der Waals surface area contributed by atoms with Gasteiger partial charge in [-0.3, -0.25) is 10.1 Å². The molecule has 2 aliphatic carbocycles. The monoisotopic (exact) mass is 317 g/mol. The molecule has 1 aromatic carbocycles. The number of carbonyl (C=O) groups excluding carboxylic acids is 1. The lowest BCUT2D eigenvalue weighted by Gasteiger charge is -2.56. The van der Waals surface area contributed by atoms with Gasteiger partial charge in [-0.05, 0) is 53.9 Å². The van der Waals surface area contributed by atoms with Crippen LogP contribution >= 0.6 is 0 Å². The summed E-state index contributed by atoms with van der Waals surface area (Å²) in [7, 11) is 0. The first kappa shape index (κ1) is 15.8. The fourth-order valence-electron chi connectivity index (χ4n) is 4.87. The molecular formula is C17H19NO5-2. The number of hydrogen-bond donors (Lipinski definition) is 0. The second-order valence-corrected chi connectivity index (χ2v) is 7.30. The quantitative estimate of drug-likeness (QED) is 0.606. The number of nitrogens with zero attached hydrogens (tertiary/aromatic N) is 1. The van der Waals surface area contributed by atoms with Crippen LogP contribution in [0.4, 0.5) is 5.69 Å². The number of carboxylic acids is 1. The van der Waals surface area contributed by atoms with Crippen LogP contribution in [0.1, 0.15) is 50.7 Å². The van der Waals surface area contributed by atoms with Crippen molar-refractivity contribution in [3.8, 4) is 5.75 Å². The van der Waals surface area contributed by atoms with Gasteiger partial charge in [0.15, 0.2) is 0 Å². The molecule has 3 atom stereocenters. The first-order valence-electron chi connectivity index (χ1n) is 7.90. The van der Waals surface area contributed by atoms with E-state index in [4.69, 9.17) is 0 Å². The Morgan fingerprint density at radius 3 is 2.61 bits per heavy atom. The lowest BCUT2D eigenvalue weighted by Crippen LogP contribution is -2.56. The van der Waals surface area contributed by atoms with E-state index in [1.165, 1.54) is 12.1 Å². The molecule has 23 heavy (non-hydrogen) atoms. The molecule has 1 fully saturated rings. The van der Waals surface area contributed by atoms with E-state index in [1.54, 1.807) is 6.92 Å². The number of carbonyl (C=O) groups is 1. The highest BCUT2D eigenvalue weighted by Gasteiger charge is 2.52. The molecule has 0 unspecified atom stereocenters. The molecule has 6 nitrogen and oxygen atoms in total. The average molecular weight is 317 g/mol. The fraction of sp³-hybridized carbons (Fsp3) is 0.588. The summed E-state index contributed by atoms with van der Waals surface area (Å²) >= 11 is 0. The van der Waals surface area contributed by atoms with E-state index in [9.17, 15) is 25.1 Å². The third kappa shape index (κ3) is 2.11. The van der Waals surface area contributed by atoms with Gasteiger partial charge < -0.3 is 15.0 Å². The van der Waals surface area contributed by atoms with Crippen molar-refractivity contribution in [1.29, 1.82) is 0 Å². The Kier molecular flexibility index (Phi) is 3.39. The third-order valence-electron chi connectivity index (χ3n) is 6.10. The Labute approximate surface area is 134 Å². The van der Waals surface area contributed by atoms with Gasteiger partial charge in [0.2, 0.25) is 0 Å². The number of aryl methyl sites for hydroxylation is 1. The molecule has 6 heteroatoms. The molecule has 0 heterocycles. The Morgan fingerprint density at radius 2 is 2.00 bits per heavy atom. The van der Waals surface area contributed by atoms with Gasteiger partial charge >= 0.3 is 0 Å². The zero-order valence-corrected chi connectivity index (χ0v) is 13.3. The maximum atomic E-state index is 12.1. The van der Waals surface area contributed by atoms with Gasteiger partial charge in [0.05, 0.1) is 4.92 Å². The first-order chi connectivity index (χ1) is 10.7. The summed E-state index contributed by atoms with van der Waals surface area (Å²) in [6, 6.07) is 2.74. The van der Waals surface area contributed by atoms with Gasteiger partial charge in [0.1, 0.15) is 0 Å². The third-order valence-corrected chi connectivity index (χ3v) is 6.10. The van der Waals surface area contributed by atoms with E-state index in [0.717, 1.165) is 24.0 Å². The van der Waals surface area contributed by atoms with Crippen molar-refractivity contribution in [3.05, 3.63) is 33.4 Å². The van der Waals surface area contributed by atoms with Gasteiger partial charge in [-0.2, -0.15) is 0 Å². The minimum Gasteiger partial charge on any atom is -0.868 e. The Morgan fingerprint density at radius 1 is 1.30 bits per heavy atom. The van der Waals surface area contributed by atoms with E-state index in [2.05, 4.69) is 0 Å². The zero-order valence-electron chi connectivity index (χ0n) is 13.3. The summed E-state index contributed by atoms with van der Waals surface area (Å²) in [5.41, 5.74) is -0.178. The molecule has 0 aliphatic heterocycles. The van der Waals surface area contributed by atoms with Crippen LogP contribution in [0.15, 0.2) is 12.1 Å². The van der Waals surface area contributed by atoms with E-state index in [-0.39, 0.29) is 5.92 Å². The van der Waals surface area contributed by atoms with Crippen LogP contribution in [0.5, 0.6) is 5.75 Å². The summed E-state index contributed by atoms with van der Waals surface area (Å²) < 4.78 is 0. The minimum absolute atomic E-state index is 0.123. The molecule has 0 saturated heterocycles. The van der Waals surface area contributed by atoms with Crippen LogP contribution in [0.3, 0.4) is 0 Å². The van der Waals surface area contributed by atoms with Gasteiger partial charge in [-0.1, -0.05) is 26.3 Å². The second kappa shape index (κ2) is 4.94. The zero-order chi connectivity index (χ0) is 17.0. The van der Waals surface area contributed by atoms with Gasteiger partial charge in [-0.15, -0.1) is 0 Å². The highest BCUT2D eigenvalue weighted by Crippen LogP contribution is 2.57. The summed E-state index contributed by atoms with van der Waals surface area (Å²) in [4.78, 5) is 22.1. The number of nitro groups is 1. The lowest BCUT2D eigenvalue weighted by atomic mass is 9.50. The van der Waals surface area contributed by atoms with E-state index < -0.39 is 33.2 Å². The largest absolute Gasteiger partial charge is 0.868 e. The Hall–Kier alpha value is -2.11. The topological polar surface area (TPSA) is 106 Å². The van der Waals surface area contributed by atoms with Crippen LogP contribution in [0, 0.1) is 21.4 Å². The minimum atomic E-state index is -1.04. The summed E-state index contributed by atoms with van der Waals surface area (Å²) in [5.74, 6) is -1.76. The molecule has 0 N–H and O–H groups in total. The van der Waals surface area contributed by atoms with Crippen molar-refractivity contribution in [2.45, 2.75) is 51.4 Å². The lowest BCUT2D eigenvalue weighted by molar-refractivity contribution is -0.398. The van der Waals surface area contributed by atoms with Gasteiger partial charge in [0.25, 0.3) is 5.69 Å². The number of benzene rings is 1. The molecule has 1 saturated carbocycles. The predicted octanol–water partition coefficient (Wildman–Crippen LogP) is 1.43. The summed E-state index contributed by atoms with van der Waals surface area (Å²) in [5, 5.41) is 34.8. The molecule has 0 aromatic heterocycles. The number of nitro benzene ring substituents is 1. The van der Waals surface area contributed by atoms with Gasteiger partial charge in [0, 0.05) is 17.5 Å². The highest BCUT2D eigenvalue weighted by atomic mass is 16.6. The van der Waals surface area contributed by atoms with Crippen LogP contribution in [-0.2, 0) is 16.6 Å². The molecule has 2 aliphatic rings. The van der Waals surface area contributed by atoms with Crippen molar-refractivity contribution in [1.82, 2.24) is 0 Å². The van der Waals surface area contributed by atoms with Crippen molar-refractivity contribution in [2.75, 3.05) is 0 Å². The number of rotatable bonds is 2. The number of fused-ring (bicyclic) bond motifs is 3. The Bertz CT molecular complexity index is 700. The Balaban J connectivity index is 2.15. The highest BCUT2D eigenvalue weighted by molar-refractivity contribution is 5.73. The average Bonchev–Trinajstić information content (AvgIpc) is 2.46. The first-order valence-corrected chi connectivity index (χ1v) is 7.90. The number of carboxylic acid groups (broad SMARTS) is 1. The van der Waals surface area contributed by atoms with Crippen molar-refractivity contribution in [3.63, 3.8) is 0 Å². The molecule has 1 aromatic rings. The smallest absolute Gasteiger partial charge is 0.262 e. The molecule has 0 amide bonds. The molecule has 3 rings (SSSR count). The summed E-state index contributed by atoms with van der Waals surface area (Å²) in [6.07, 6.45) is 3.29. The molecule has 0 radical (unpaired) electrons. The predicted molar refractivity (Wildman–Crippen MR) is 78.7 cm³/mol. The molecule has 0 bridgehead atoms. The van der Waals surface area contributed by atoms with E-state index in [0.29, 0.717) is 19.3 Å². The van der Waals surface area contributed by atoms with E-state index >= 15 is 0 Å². The van der Waals surface area contributed by atoms with Crippen molar-refractivity contribution in [2.24, 2.45) is 11.3 Å².